The molecule has 12 heavy (non-hydrogen) atoms. The molecule has 0 atom stereocenters. The van der Waals surface area contributed by atoms with Gasteiger partial charge in [-0.1, -0.05) is 19.6 Å². The number of nitrogens with zero attached hydrogens (tertiary/aromatic N) is 1. The minimum Gasteiger partial charge on any atom is -0.356 e. The van der Waals surface area contributed by atoms with Crippen LogP contribution in [0.3, 0.4) is 0 Å². The van der Waals surface area contributed by atoms with Gasteiger partial charge in [-0.2, -0.15) is 0 Å². The second-order valence-electron chi connectivity index (χ2n) is 4.64. The number of thioether (sulfide) groups is 1. The van der Waals surface area contributed by atoms with Crippen molar-refractivity contribution in [2.24, 2.45) is 0 Å². The summed E-state index contributed by atoms with van der Waals surface area (Å²) in [5.41, 5.74) is 0. The highest BCUT2D eigenvalue weighted by molar-refractivity contribution is 8.01. The van der Waals surface area contributed by atoms with Gasteiger partial charge in [-0.05, 0) is 13.8 Å². The summed E-state index contributed by atoms with van der Waals surface area (Å²) in [5.74, 6) is 0.987. The van der Waals surface area contributed by atoms with Crippen LogP contribution in [0.5, 0.6) is 0 Å². The fraction of sp³-hybridized carbons (Fsp3) is 0.875. The third-order valence-electron chi connectivity index (χ3n) is 2.01. The molecule has 0 radical (unpaired) electrons. The molecule has 1 rings (SSSR count). The van der Waals surface area contributed by atoms with Gasteiger partial charge in [-0.15, -0.1) is 11.8 Å². The Morgan fingerprint density at radius 3 is 2.08 bits per heavy atom. The van der Waals surface area contributed by atoms with E-state index in [1.54, 1.807) is 11.8 Å². The number of rotatable bonds is 1. The summed E-state index contributed by atoms with van der Waals surface area (Å²) in [4.78, 5) is 11.6. The highest BCUT2D eigenvalue weighted by Crippen LogP contribution is 2.38. The standard InChI is InChI=1S/C8H17NOSSi/c1-8(2)9(12(3,4)5)7(10)6-11-8/h6H2,1-5H3. The minimum atomic E-state index is -1.46. The van der Waals surface area contributed by atoms with E-state index in [4.69, 9.17) is 0 Å². The Labute approximate surface area is 79.8 Å². The van der Waals surface area contributed by atoms with Gasteiger partial charge in [0.05, 0.1) is 10.6 Å². The van der Waals surface area contributed by atoms with Crippen molar-refractivity contribution in [3.63, 3.8) is 0 Å². The lowest BCUT2D eigenvalue weighted by Gasteiger charge is -2.40. The fourth-order valence-electron chi connectivity index (χ4n) is 1.85. The van der Waals surface area contributed by atoms with Crippen molar-refractivity contribution < 1.29 is 4.79 Å². The Hall–Kier alpha value is 0.0369. The van der Waals surface area contributed by atoms with Crippen molar-refractivity contribution in [3.05, 3.63) is 0 Å². The largest absolute Gasteiger partial charge is 0.356 e. The van der Waals surface area contributed by atoms with E-state index < -0.39 is 8.24 Å². The lowest BCUT2D eigenvalue weighted by molar-refractivity contribution is -0.125. The molecular formula is C8H17NOSSi. The number of carbonyl (C=O) groups is 1. The Bertz CT molecular complexity index is 210. The molecule has 2 nitrogen and oxygen atoms in total. The zero-order valence-corrected chi connectivity index (χ0v) is 10.3. The molecule has 1 aliphatic rings. The van der Waals surface area contributed by atoms with E-state index in [9.17, 15) is 4.79 Å². The maximum absolute atomic E-state index is 11.6. The first-order valence-corrected chi connectivity index (χ1v) is 8.65. The molecule has 1 amide bonds. The van der Waals surface area contributed by atoms with E-state index >= 15 is 0 Å². The summed E-state index contributed by atoms with van der Waals surface area (Å²) in [6.07, 6.45) is 0. The fourth-order valence-corrected chi connectivity index (χ4v) is 6.26. The minimum absolute atomic E-state index is 0.0293. The summed E-state index contributed by atoms with van der Waals surface area (Å²) in [6.45, 7) is 10.9. The van der Waals surface area contributed by atoms with Crippen LogP contribution in [0.25, 0.3) is 0 Å². The quantitative estimate of drug-likeness (QED) is 0.609. The predicted octanol–water partition coefficient (Wildman–Crippen LogP) is 2.13. The third-order valence-corrected chi connectivity index (χ3v) is 5.60. The average Bonchev–Trinajstić information content (AvgIpc) is 2.03. The second-order valence-corrected chi connectivity index (χ2v) is 11.0. The van der Waals surface area contributed by atoms with Crippen LogP contribution in [-0.2, 0) is 4.79 Å². The van der Waals surface area contributed by atoms with Gasteiger partial charge in [0.25, 0.3) is 0 Å². The molecule has 70 valence electrons. The first kappa shape index (κ1) is 10.1. The van der Waals surface area contributed by atoms with Crippen LogP contribution in [-0.4, -0.2) is 29.3 Å². The average molecular weight is 203 g/mol. The lowest BCUT2D eigenvalue weighted by Crippen LogP contribution is -2.55. The van der Waals surface area contributed by atoms with Crippen LogP contribution in [0.2, 0.25) is 19.6 Å². The number of amides is 1. The van der Waals surface area contributed by atoms with Crippen molar-refractivity contribution in [2.75, 3.05) is 5.75 Å². The molecular weight excluding hydrogens is 186 g/mol. The topological polar surface area (TPSA) is 20.3 Å². The van der Waals surface area contributed by atoms with E-state index in [0.29, 0.717) is 11.7 Å². The maximum atomic E-state index is 11.6. The van der Waals surface area contributed by atoms with Crippen LogP contribution < -0.4 is 0 Å². The van der Waals surface area contributed by atoms with Crippen molar-refractivity contribution in [2.45, 2.75) is 38.4 Å². The van der Waals surface area contributed by atoms with Crippen LogP contribution in [0.15, 0.2) is 0 Å². The Morgan fingerprint density at radius 2 is 1.92 bits per heavy atom. The summed E-state index contributed by atoms with van der Waals surface area (Å²) >= 11 is 1.75. The molecule has 1 fully saturated rings. The molecule has 4 heteroatoms. The molecule has 1 saturated heterocycles. The van der Waals surface area contributed by atoms with Gasteiger partial charge in [-0.25, -0.2) is 0 Å². The normalized spacial score (nSPS) is 23.4. The van der Waals surface area contributed by atoms with Gasteiger partial charge in [0.1, 0.15) is 0 Å². The Morgan fingerprint density at radius 1 is 1.42 bits per heavy atom. The molecule has 0 bridgehead atoms. The number of carbonyl (C=O) groups excluding carboxylic acids is 1. The first-order chi connectivity index (χ1) is 5.25. The van der Waals surface area contributed by atoms with Gasteiger partial charge >= 0.3 is 0 Å². The summed E-state index contributed by atoms with van der Waals surface area (Å²) in [5, 5.41) is 0. The van der Waals surface area contributed by atoms with Gasteiger partial charge in [-0.3, -0.25) is 4.79 Å². The van der Waals surface area contributed by atoms with E-state index in [-0.39, 0.29) is 4.87 Å². The van der Waals surface area contributed by atoms with Crippen molar-refractivity contribution >= 4 is 25.9 Å². The Balaban J connectivity index is 2.93. The number of hydrogen-bond donors (Lipinski definition) is 0. The van der Waals surface area contributed by atoms with Crippen LogP contribution in [0.4, 0.5) is 0 Å². The van der Waals surface area contributed by atoms with Gasteiger partial charge in [0, 0.05) is 0 Å². The highest BCUT2D eigenvalue weighted by atomic mass is 32.2. The molecule has 0 saturated carbocycles. The SMILES string of the molecule is CC1(C)SCC(=O)N1[Si](C)(C)C. The number of hydrogen-bond acceptors (Lipinski definition) is 2. The zero-order valence-electron chi connectivity index (χ0n) is 8.47. The molecule has 0 aromatic rings. The van der Waals surface area contributed by atoms with Crippen molar-refractivity contribution in [3.8, 4) is 0 Å². The molecule has 0 N–H and O–H groups in total. The zero-order chi connectivity index (χ0) is 9.57. The predicted molar refractivity (Wildman–Crippen MR) is 56.7 cm³/mol. The van der Waals surface area contributed by atoms with E-state index in [1.807, 2.05) is 0 Å². The smallest absolute Gasteiger partial charge is 0.225 e. The monoisotopic (exact) mass is 203 g/mol. The lowest BCUT2D eigenvalue weighted by atomic mass is 10.4. The molecule has 0 aromatic carbocycles. The van der Waals surface area contributed by atoms with Crippen LogP contribution in [0, 0.1) is 0 Å². The first-order valence-electron chi connectivity index (χ1n) is 4.22. The highest BCUT2D eigenvalue weighted by Gasteiger charge is 2.44. The molecule has 1 heterocycles. The van der Waals surface area contributed by atoms with Crippen molar-refractivity contribution in [1.82, 2.24) is 4.57 Å². The Kier molecular flexibility index (Phi) is 2.34. The van der Waals surface area contributed by atoms with E-state index in [0.717, 1.165) is 0 Å². The molecule has 0 aromatic heterocycles. The van der Waals surface area contributed by atoms with Crippen LogP contribution in [0.1, 0.15) is 13.8 Å². The maximum Gasteiger partial charge on any atom is 0.225 e. The summed E-state index contributed by atoms with van der Waals surface area (Å²) in [6, 6.07) is 0. The van der Waals surface area contributed by atoms with Crippen LogP contribution >= 0.6 is 11.8 Å². The summed E-state index contributed by atoms with van der Waals surface area (Å²) in [7, 11) is -1.46. The second kappa shape index (κ2) is 2.77. The van der Waals surface area contributed by atoms with Crippen molar-refractivity contribution in [1.29, 1.82) is 0 Å². The van der Waals surface area contributed by atoms with Gasteiger partial charge < -0.3 is 4.57 Å². The molecule has 0 aliphatic carbocycles. The molecule has 0 spiro atoms. The van der Waals surface area contributed by atoms with E-state index in [2.05, 4.69) is 38.1 Å². The molecule has 1 aliphatic heterocycles. The van der Waals surface area contributed by atoms with E-state index in [1.165, 1.54) is 0 Å². The third kappa shape index (κ3) is 1.69. The van der Waals surface area contributed by atoms with Gasteiger partial charge in [0.2, 0.25) is 5.91 Å². The molecule has 0 unspecified atom stereocenters. The summed E-state index contributed by atoms with van der Waals surface area (Å²) < 4.78 is 2.12. The van der Waals surface area contributed by atoms with Gasteiger partial charge in [0.15, 0.2) is 8.24 Å².